The van der Waals surface area contributed by atoms with Gasteiger partial charge in [0.15, 0.2) is 0 Å². The van der Waals surface area contributed by atoms with Crippen LogP contribution in [-0.2, 0) is 5.41 Å². The standard InChI is InChI=1S/C26H28FN5O2/c1-28-25(34)21-5-4-18(15-29-21)31-8-10-32(11-9-31)22-6-7-26(14-20(22)26)23-12-16-2-3-17(27)13-19(16)24(33)30-23/h2-5,12-13,15,20,22H,6-11,14H2,1H3,(H,28,34)(H,30,33)/t20-,22+,26+/m0/s1. The number of nitrogens with one attached hydrogen (secondary N) is 2. The summed E-state index contributed by atoms with van der Waals surface area (Å²) in [6.07, 6.45) is 5.10. The van der Waals surface area contributed by atoms with E-state index in [2.05, 4.69) is 31.2 Å². The second-order valence-electron chi connectivity index (χ2n) is 9.82. The van der Waals surface area contributed by atoms with E-state index in [9.17, 15) is 14.0 Å². The molecule has 2 aliphatic carbocycles. The van der Waals surface area contributed by atoms with Crippen LogP contribution in [0.15, 0.2) is 47.4 Å². The molecule has 3 heterocycles. The Morgan fingerprint density at radius 3 is 2.71 bits per heavy atom. The number of rotatable bonds is 4. The molecule has 0 unspecified atom stereocenters. The van der Waals surface area contributed by atoms with Crippen molar-refractivity contribution in [2.45, 2.75) is 30.7 Å². The number of amides is 1. The zero-order valence-electron chi connectivity index (χ0n) is 19.2. The van der Waals surface area contributed by atoms with Gasteiger partial charge >= 0.3 is 0 Å². The summed E-state index contributed by atoms with van der Waals surface area (Å²) in [7, 11) is 1.60. The number of hydrogen-bond donors (Lipinski definition) is 2. The van der Waals surface area contributed by atoms with Crippen molar-refractivity contribution in [3.05, 3.63) is 70.2 Å². The molecule has 8 heteroatoms. The topological polar surface area (TPSA) is 81.3 Å². The summed E-state index contributed by atoms with van der Waals surface area (Å²) in [5.74, 6) is -0.00184. The van der Waals surface area contributed by atoms with E-state index < -0.39 is 0 Å². The average Bonchev–Trinajstić information content (AvgIpc) is 3.49. The van der Waals surface area contributed by atoms with Crippen LogP contribution in [0.25, 0.3) is 10.8 Å². The molecule has 3 aliphatic rings. The number of benzene rings is 1. The Bertz CT molecular complexity index is 1320. The maximum absolute atomic E-state index is 13.6. The first-order valence-electron chi connectivity index (χ1n) is 12.0. The fourth-order valence-electron chi connectivity index (χ4n) is 6.26. The van der Waals surface area contributed by atoms with E-state index in [-0.39, 0.29) is 22.7 Å². The maximum atomic E-state index is 13.6. The Kier molecular flexibility index (Phi) is 4.95. The van der Waals surface area contributed by atoms with Gasteiger partial charge < -0.3 is 15.2 Å². The van der Waals surface area contributed by atoms with Crippen molar-refractivity contribution < 1.29 is 9.18 Å². The predicted octanol–water partition coefficient (Wildman–Crippen LogP) is 2.66. The number of piperazine rings is 1. The Balaban J connectivity index is 1.13. The van der Waals surface area contributed by atoms with Crippen molar-refractivity contribution in [2.24, 2.45) is 5.92 Å². The molecule has 1 aliphatic heterocycles. The zero-order chi connectivity index (χ0) is 23.4. The van der Waals surface area contributed by atoms with Crippen molar-refractivity contribution in [3.8, 4) is 0 Å². The largest absolute Gasteiger partial charge is 0.368 e. The van der Waals surface area contributed by atoms with E-state index in [0.29, 0.717) is 23.0 Å². The first kappa shape index (κ1) is 21.3. The van der Waals surface area contributed by atoms with E-state index in [1.54, 1.807) is 25.4 Å². The number of anilines is 1. The van der Waals surface area contributed by atoms with Gasteiger partial charge in [0.05, 0.1) is 11.9 Å². The minimum absolute atomic E-state index is 0.0587. The number of fused-ring (bicyclic) bond motifs is 2. The fourth-order valence-corrected chi connectivity index (χ4v) is 6.26. The van der Waals surface area contributed by atoms with E-state index in [1.165, 1.54) is 12.1 Å². The van der Waals surface area contributed by atoms with Crippen molar-refractivity contribution in [1.82, 2.24) is 20.2 Å². The predicted molar refractivity (Wildman–Crippen MR) is 129 cm³/mol. The van der Waals surface area contributed by atoms with Crippen LogP contribution in [-0.4, -0.2) is 60.0 Å². The molecule has 1 aromatic carbocycles. The van der Waals surface area contributed by atoms with Gasteiger partial charge in [-0.15, -0.1) is 0 Å². The number of H-pyrrole nitrogens is 1. The maximum Gasteiger partial charge on any atom is 0.269 e. The molecule has 3 aromatic rings. The molecule has 1 saturated heterocycles. The molecule has 0 radical (unpaired) electrons. The summed E-state index contributed by atoms with van der Waals surface area (Å²) < 4.78 is 13.6. The Morgan fingerprint density at radius 2 is 2.00 bits per heavy atom. The first-order valence-corrected chi connectivity index (χ1v) is 12.0. The lowest BCUT2D eigenvalue weighted by Gasteiger charge is -2.39. The highest BCUT2D eigenvalue weighted by molar-refractivity contribution is 5.92. The minimum atomic E-state index is -0.383. The Labute approximate surface area is 197 Å². The molecule has 6 rings (SSSR count). The smallest absolute Gasteiger partial charge is 0.269 e. The van der Waals surface area contributed by atoms with Gasteiger partial charge in [0.25, 0.3) is 11.5 Å². The number of carbonyl (C=O) groups is 1. The van der Waals surface area contributed by atoms with E-state index >= 15 is 0 Å². The van der Waals surface area contributed by atoms with E-state index in [4.69, 9.17) is 0 Å². The summed E-state index contributed by atoms with van der Waals surface area (Å²) in [6.45, 7) is 3.83. The minimum Gasteiger partial charge on any atom is -0.368 e. The second-order valence-corrected chi connectivity index (χ2v) is 9.82. The molecule has 176 valence electrons. The molecule has 1 amide bonds. The van der Waals surface area contributed by atoms with Gasteiger partial charge in [-0.1, -0.05) is 6.07 Å². The lowest BCUT2D eigenvalue weighted by molar-refractivity contribution is 0.0958. The quantitative estimate of drug-likeness (QED) is 0.625. The molecule has 2 N–H and O–H groups in total. The Hall–Kier alpha value is -3.26. The van der Waals surface area contributed by atoms with Crippen LogP contribution in [0.2, 0.25) is 0 Å². The summed E-state index contributed by atoms with van der Waals surface area (Å²) in [6, 6.07) is 10.8. The normalized spacial score (nSPS) is 26.5. The van der Waals surface area contributed by atoms with Crippen LogP contribution in [0.5, 0.6) is 0 Å². The van der Waals surface area contributed by atoms with Crippen LogP contribution in [0, 0.1) is 11.7 Å². The summed E-state index contributed by atoms with van der Waals surface area (Å²) in [4.78, 5) is 36.7. The number of carbonyl (C=O) groups excluding carboxylic acids is 1. The summed E-state index contributed by atoms with van der Waals surface area (Å²) in [5.41, 5.74) is 2.36. The summed E-state index contributed by atoms with van der Waals surface area (Å²) in [5, 5.41) is 3.83. The van der Waals surface area contributed by atoms with Gasteiger partial charge in [0.1, 0.15) is 11.5 Å². The van der Waals surface area contributed by atoms with Gasteiger partial charge in [-0.3, -0.25) is 14.5 Å². The van der Waals surface area contributed by atoms with Crippen molar-refractivity contribution in [3.63, 3.8) is 0 Å². The molecule has 2 saturated carbocycles. The molecule has 34 heavy (non-hydrogen) atoms. The lowest BCUT2D eigenvalue weighted by atomic mass is 9.97. The molecule has 2 aromatic heterocycles. The number of aromatic nitrogens is 2. The number of halogens is 1. The monoisotopic (exact) mass is 461 g/mol. The molecular weight excluding hydrogens is 433 g/mol. The van der Waals surface area contributed by atoms with Crippen LogP contribution in [0.4, 0.5) is 10.1 Å². The first-order chi connectivity index (χ1) is 16.5. The van der Waals surface area contributed by atoms with Crippen molar-refractivity contribution in [2.75, 3.05) is 38.1 Å². The van der Waals surface area contributed by atoms with Crippen molar-refractivity contribution in [1.29, 1.82) is 0 Å². The average molecular weight is 462 g/mol. The summed E-state index contributed by atoms with van der Waals surface area (Å²) >= 11 is 0. The number of hydrogen-bond acceptors (Lipinski definition) is 5. The highest BCUT2D eigenvalue weighted by Crippen LogP contribution is 2.65. The third-order valence-electron chi connectivity index (χ3n) is 8.18. The number of aromatic amines is 1. The second kappa shape index (κ2) is 7.91. The van der Waals surface area contributed by atoms with Gasteiger partial charge in [-0.25, -0.2) is 9.37 Å². The third-order valence-corrected chi connectivity index (χ3v) is 8.18. The van der Waals surface area contributed by atoms with Crippen LogP contribution in [0.3, 0.4) is 0 Å². The van der Waals surface area contributed by atoms with E-state index in [1.807, 2.05) is 6.07 Å². The highest BCUT2D eigenvalue weighted by Gasteiger charge is 2.64. The van der Waals surface area contributed by atoms with Gasteiger partial charge in [-0.2, -0.15) is 0 Å². The van der Waals surface area contributed by atoms with Crippen LogP contribution < -0.4 is 15.8 Å². The van der Waals surface area contributed by atoms with Gasteiger partial charge in [0.2, 0.25) is 0 Å². The molecule has 3 atom stereocenters. The van der Waals surface area contributed by atoms with Crippen molar-refractivity contribution >= 4 is 22.4 Å². The SMILES string of the molecule is CNC(=O)c1ccc(N2CCN([C@@H]3CC[C@@]4(c5cc6ccc(F)cc6c(=O)[nH]5)C[C@@H]34)CC2)cn1. The number of pyridine rings is 2. The third kappa shape index (κ3) is 3.39. The molecule has 0 bridgehead atoms. The van der Waals surface area contributed by atoms with Gasteiger partial charge in [-0.05, 0) is 60.9 Å². The molecule has 7 nitrogen and oxygen atoms in total. The number of nitrogens with zero attached hydrogens (tertiary/aromatic N) is 3. The highest BCUT2D eigenvalue weighted by atomic mass is 19.1. The molecule has 0 spiro atoms. The Morgan fingerprint density at radius 1 is 1.18 bits per heavy atom. The van der Waals surface area contributed by atoms with E-state index in [0.717, 1.165) is 62.2 Å². The fraction of sp³-hybridized carbons (Fsp3) is 0.423. The molecule has 3 fully saturated rings. The van der Waals surface area contributed by atoms with Crippen LogP contribution >= 0.6 is 0 Å². The van der Waals surface area contributed by atoms with Gasteiger partial charge in [0, 0.05) is 55.8 Å². The zero-order valence-corrected chi connectivity index (χ0v) is 19.2. The van der Waals surface area contributed by atoms with Crippen LogP contribution in [0.1, 0.15) is 35.4 Å². The lowest BCUT2D eigenvalue weighted by Crippen LogP contribution is -2.50. The molecular formula is C26H28FN5O2.